The highest BCUT2D eigenvalue weighted by molar-refractivity contribution is 7.89. The van der Waals surface area contributed by atoms with Crippen molar-refractivity contribution in [1.29, 1.82) is 0 Å². The summed E-state index contributed by atoms with van der Waals surface area (Å²) in [6.07, 6.45) is 0. The van der Waals surface area contributed by atoms with Crippen molar-refractivity contribution in [3.05, 3.63) is 54.1 Å². The van der Waals surface area contributed by atoms with Crippen LogP contribution in [0.15, 0.2) is 53.4 Å². The van der Waals surface area contributed by atoms with Gasteiger partial charge in [0.1, 0.15) is 17.2 Å². The third kappa shape index (κ3) is 6.53. The largest absolute Gasteiger partial charge is 0.495 e. The minimum atomic E-state index is -3.88. The molecule has 2 aromatic carbocycles. The molecule has 2 aromatic rings. The number of carbonyl (C=O) groups is 3. The maximum absolute atomic E-state index is 13.0. The van der Waals surface area contributed by atoms with Gasteiger partial charge in [-0.2, -0.15) is 4.31 Å². The van der Waals surface area contributed by atoms with E-state index in [1.165, 1.54) is 29.6 Å². The molecule has 1 aliphatic rings. The van der Waals surface area contributed by atoms with Crippen molar-refractivity contribution in [2.75, 3.05) is 51.9 Å². The summed E-state index contributed by atoms with van der Waals surface area (Å²) in [5.41, 5.74) is 0.571. The third-order valence-electron chi connectivity index (χ3n) is 4.83. The number of nitrogens with zero attached hydrogens (tertiary/aromatic N) is 1. The maximum Gasteiger partial charge on any atom is 0.325 e. The molecule has 0 bridgehead atoms. The Bertz CT molecular complexity index is 1130. The lowest BCUT2D eigenvalue weighted by atomic mass is 10.2. The summed E-state index contributed by atoms with van der Waals surface area (Å²) in [6, 6.07) is 12.5. The Labute approximate surface area is 197 Å². The van der Waals surface area contributed by atoms with Gasteiger partial charge in [0, 0.05) is 24.3 Å². The molecule has 2 N–H and O–H groups in total. The summed E-state index contributed by atoms with van der Waals surface area (Å²) in [4.78, 5) is 35.9. The number of esters is 1. The van der Waals surface area contributed by atoms with Crippen LogP contribution in [0.5, 0.6) is 5.75 Å². The van der Waals surface area contributed by atoms with Crippen LogP contribution in [0.2, 0.25) is 0 Å². The minimum Gasteiger partial charge on any atom is -0.495 e. The van der Waals surface area contributed by atoms with Crippen molar-refractivity contribution < 1.29 is 37.0 Å². The highest BCUT2D eigenvalue weighted by Gasteiger charge is 2.29. The second kappa shape index (κ2) is 11.6. The molecule has 3 rings (SSSR count). The van der Waals surface area contributed by atoms with Gasteiger partial charge in [0.15, 0.2) is 6.61 Å². The monoisotopic (exact) mass is 491 g/mol. The lowest BCUT2D eigenvalue weighted by molar-refractivity contribution is -0.146. The first-order chi connectivity index (χ1) is 16.3. The molecule has 12 heteroatoms. The molecule has 0 saturated carbocycles. The van der Waals surface area contributed by atoms with Crippen LogP contribution < -0.4 is 15.4 Å². The number of methoxy groups -OCH3 is 1. The molecule has 2 amide bonds. The van der Waals surface area contributed by atoms with Crippen molar-refractivity contribution in [3.63, 3.8) is 0 Å². The molecule has 182 valence electrons. The first kappa shape index (κ1) is 25.1. The van der Waals surface area contributed by atoms with Crippen LogP contribution in [0.1, 0.15) is 10.4 Å². The Morgan fingerprint density at radius 3 is 2.44 bits per heavy atom. The van der Waals surface area contributed by atoms with E-state index < -0.39 is 41.0 Å². The normalized spacial score (nSPS) is 14.1. The highest BCUT2D eigenvalue weighted by Crippen LogP contribution is 2.30. The number of nitrogens with one attached hydrogen (secondary N) is 2. The topological polar surface area (TPSA) is 140 Å². The van der Waals surface area contributed by atoms with E-state index in [1.807, 2.05) is 0 Å². The first-order valence-corrected chi connectivity index (χ1v) is 11.8. The first-order valence-electron chi connectivity index (χ1n) is 10.4. The molecule has 0 unspecified atom stereocenters. The molecule has 1 aliphatic heterocycles. The Balaban J connectivity index is 1.55. The summed E-state index contributed by atoms with van der Waals surface area (Å²) < 4.78 is 42.6. The Kier molecular flexibility index (Phi) is 8.57. The number of hydrogen-bond donors (Lipinski definition) is 2. The van der Waals surface area contributed by atoms with Gasteiger partial charge in [-0.05, 0) is 30.3 Å². The molecule has 0 aliphatic carbocycles. The van der Waals surface area contributed by atoms with Gasteiger partial charge in [-0.1, -0.05) is 18.2 Å². The van der Waals surface area contributed by atoms with Crippen LogP contribution in [0.3, 0.4) is 0 Å². The minimum absolute atomic E-state index is 0.102. The number of anilines is 1. The highest BCUT2D eigenvalue weighted by atomic mass is 32.2. The van der Waals surface area contributed by atoms with Gasteiger partial charge in [0.2, 0.25) is 10.0 Å². The summed E-state index contributed by atoms with van der Waals surface area (Å²) in [6.45, 7) is -0.0366. The zero-order valence-corrected chi connectivity index (χ0v) is 19.3. The number of carbonyl (C=O) groups excluding carboxylic acids is 3. The molecule has 1 saturated heterocycles. The van der Waals surface area contributed by atoms with Gasteiger partial charge in [-0.3, -0.25) is 14.4 Å². The lowest BCUT2D eigenvalue weighted by Gasteiger charge is -2.26. The third-order valence-corrected chi connectivity index (χ3v) is 6.75. The standard InChI is InChI=1S/C22H25N3O8S/c1-31-18-8-7-17(13-19(18)34(29,30)25-9-11-32-12-10-25)24-20(26)15-33-21(27)14-23-22(28)16-5-3-2-4-6-16/h2-8,13H,9-12,14-15H2,1H3,(H,23,28)(H,24,26). The summed E-state index contributed by atoms with van der Waals surface area (Å²) in [5, 5.41) is 4.89. The smallest absolute Gasteiger partial charge is 0.325 e. The van der Waals surface area contributed by atoms with Gasteiger partial charge in [0.25, 0.3) is 11.8 Å². The van der Waals surface area contributed by atoms with Crippen LogP contribution >= 0.6 is 0 Å². The number of ether oxygens (including phenoxy) is 3. The van der Waals surface area contributed by atoms with E-state index in [1.54, 1.807) is 30.3 Å². The molecule has 1 fully saturated rings. The Morgan fingerprint density at radius 1 is 1.06 bits per heavy atom. The number of benzene rings is 2. The predicted octanol–water partition coefficient (Wildman–Crippen LogP) is 0.628. The van der Waals surface area contributed by atoms with E-state index in [4.69, 9.17) is 14.2 Å². The van der Waals surface area contributed by atoms with Crippen LogP contribution in [-0.4, -0.2) is 77.1 Å². The molecule has 0 aromatic heterocycles. The number of hydrogen-bond acceptors (Lipinski definition) is 8. The SMILES string of the molecule is COc1ccc(NC(=O)COC(=O)CNC(=O)c2ccccc2)cc1S(=O)(=O)N1CCOCC1. The van der Waals surface area contributed by atoms with Crippen molar-refractivity contribution in [2.24, 2.45) is 0 Å². The quantitative estimate of drug-likeness (QED) is 0.487. The zero-order chi connectivity index (χ0) is 24.6. The molecule has 11 nitrogen and oxygen atoms in total. The molecule has 1 heterocycles. The van der Waals surface area contributed by atoms with Gasteiger partial charge in [-0.15, -0.1) is 0 Å². The lowest BCUT2D eigenvalue weighted by Crippen LogP contribution is -2.40. The summed E-state index contributed by atoms with van der Waals surface area (Å²) in [5.74, 6) is -1.80. The fourth-order valence-corrected chi connectivity index (χ4v) is 4.71. The zero-order valence-electron chi connectivity index (χ0n) is 18.5. The average molecular weight is 492 g/mol. The van der Waals surface area contributed by atoms with Gasteiger partial charge in [-0.25, -0.2) is 8.42 Å². The van der Waals surface area contributed by atoms with Crippen molar-refractivity contribution in [3.8, 4) is 5.75 Å². The average Bonchev–Trinajstić information content (AvgIpc) is 2.87. The van der Waals surface area contributed by atoms with Gasteiger partial charge >= 0.3 is 5.97 Å². The number of morpholine rings is 1. The van der Waals surface area contributed by atoms with E-state index >= 15 is 0 Å². The fourth-order valence-electron chi connectivity index (χ4n) is 3.12. The van der Waals surface area contributed by atoms with Crippen molar-refractivity contribution in [1.82, 2.24) is 9.62 Å². The molecule has 0 atom stereocenters. The molecule has 34 heavy (non-hydrogen) atoms. The van der Waals surface area contributed by atoms with Crippen molar-refractivity contribution in [2.45, 2.75) is 4.90 Å². The van der Waals surface area contributed by atoms with Gasteiger partial charge < -0.3 is 24.8 Å². The van der Waals surface area contributed by atoms with Crippen LogP contribution in [-0.2, 0) is 29.1 Å². The van der Waals surface area contributed by atoms with E-state index in [2.05, 4.69) is 10.6 Å². The second-order valence-electron chi connectivity index (χ2n) is 7.14. The molecule has 0 spiro atoms. The van der Waals surface area contributed by atoms with E-state index in [-0.39, 0.29) is 42.6 Å². The van der Waals surface area contributed by atoms with Crippen LogP contribution in [0, 0.1) is 0 Å². The van der Waals surface area contributed by atoms with E-state index in [9.17, 15) is 22.8 Å². The van der Waals surface area contributed by atoms with Crippen LogP contribution in [0.4, 0.5) is 5.69 Å². The second-order valence-corrected chi connectivity index (χ2v) is 9.05. The van der Waals surface area contributed by atoms with Gasteiger partial charge in [0.05, 0.1) is 20.3 Å². The molecule has 0 radical (unpaired) electrons. The summed E-state index contributed by atoms with van der Waals surface area (Å²) >= 11 is 0. The number of rotatable bonds is 9. The number of sulfonamides is 1. The predicted molar refractivity (Wildman–Crippen MR) is 121 cm³/mol. The number of amides is 2. The van der Waals surface area contributed by atoms with E-state index in [0.29, 0.717) is 5.56 Å². The molecular weight excluding hydrogens is 466 g/mol. The maximum atomic E-state index is 13.0. The van der Waals surface area contributed by atoms with Crippen molar-refractivity contribution >= 4 is 33.5 Å². The summed E-state index contributed by atoms with van der Waals surface area (Å²) in [7, 11) is -2.53. The fraction of sp³-hybridized carbons (Fsp3) is 0.318. The Morgan fingerprint density at radius 2 is 1.76 bits per heavy atom. The van der Waals surface area contributed by atoms with E-state index in [0.717, 1.165) is 0 Å². The van der Waals surface area contributed by atoms with Crippen LogP contribution in [0.25, 0.3) is 0 Å². The molecular formula is C22H25N3O8S. The Hall–Kier alpha value is -3.48.